The molecule has 0 saturated carbocycles. The molecule has 2 N–H and O–H groups in total. The molecule has 0 aromatic carbocycles. The van der Waals surface area contributed by atoms with Gasteiger partial charge in [0, 0.05) is 39.3 Å². The van der Waals surface area contributed by atoms with Crippen LogP contribution in [0, 0.1) is 5.92 Å². The molecule has 180 valence electrons. The van der Waals surface area contributed by atoms with Crippen molar-refractivity contribution >= 4 is 12.1 Å². The highest BCUT2D eigenvalue weighted by Crippen LogP contribution is 2.33. The summed E-state index contributed by atoms with van der Waals surface area (Å²) in [4.78, 5) is 18.8. The lowest BCUT2D eigenvalue weighted by molar-refractivity contribution is -0.0755. The van der Waals surface area contributed by atoms with E-state index < -0.39 is 11.3 Å². The van der Waals surface area contributed by atoms with E-state index in [2.05, 4.69) is 15.6 Å². The molecular weight excluding hydrogens is 400 g/mol. The maximum atomic E-state index is 12.8. The minimum atomic E-state index is -0.743. The van der Waals surface area contributed by atoms with Crippen molar-refractivity contribution in [3.05, 3.63) is 0 Å². The first-order chi connectivity index (χ1) is 14.5. The van der Waals surface area contributed by atoms with Gasteiger partial charge < -0.3 is 29.6 Å². The molecule has 2 saturated heterocycles. The molecule has 0 radical (unpaired) electrons. The molecule has 0 bridgehead atoms. The molecule has 0 aliphatic carbocycles. The number of hydrogen-bond acceptors (Lipinski definition) is 6. The summed E-state index contributed by atoms with van der Waals surface area (Å²) in [7, 11) is 1.73. The Balaban J connectivity index is 1.77. The molecule has 0 aromatic heterocycles. The highest BCUT2D eigenvalue weighted by Gasteiger charge is 2.49. The highest BCUT2D eigenvalue weighted by molar-refractivity contribution is 5.79. The third-order valence-corrected chi connectivity index (χ3v) is 5.36. The molecule has 9 heteroatoms. The summed E-state index contributed by atoms with van der Waals surface area (Å²) in [5, 5.41) is 6.61. The van der Waals surface area contributed by atoms with Crippen molar-refractivity contribution in [3.63, 3.8) is 0 Å². The van der Waals surface area contributed by atoms with E-state index in [0.29, 0.717) is 25.0 Å². The van der Waals surface area contributed by atoms with Gasteiger partial charge in [-0.05, 0) is 54.4 Å². The maximum absolute atomic E-state index is 12.8. The first-order valence-electron chi connectivity index (χ1n) is 11.3. The number of aliphatic imine (C=N–C) groups is 1. The van der Waals surface area contributed by atoms with Gasteiger partial charge in [0.2, 0.25) is 0 Å². The monoisotopic (exact) mass is 442 g/mol. The number of amides is 1. The number of ether oxygens (including phenoxy) is 4. The lowest BCUT2D eigenvalue weighted by atomic mass is 10.1. The molecule has 3 atom stereocenters. The molecule has 2 aliphatic heterocycles. The molecule has 2 aliphatic rings. The summed E-state index contributed by atoms with van der Waals surface area (Å²) in [6, 6.07) is -0.180. The predicted molar refractivity (Wildman–Crippen MR) is 120 cm³/mol. The van der Waals surface area contributed by atoms with Crippen LogP contribution in [0.3, 0.4) is 0 Å². The van der Waals surface area contributed by atoms with Gasteiger partial charge in [-0.25, -0.2) is 4.79 Å². The quantitative estimate of drug-likeness (QED) is 0.339. The number of nitrogens with zero attached hydrogens (tertiary/aromatic N) is 2. The van der Waals surface area contributed by atoms with Crippen LogP contribution in [0.2, 0.25) is 0 Å². The standard InChI is InChI=1S/C22H42N4O5/c1-16-18(26(22(5,6)30-16)20(27)31-21(2,3)4)13-25-19(23-7)24-10-8-11-28-14-17-9-12-29-15-17/h16-18H,8-15H2,1-7H3,(H2,23,24,25). The van der Waals surface area contributed by atoms with Crippen LogP contribution >= 0.6 is 0 Å². The number of nitrogens with one attached hydrogen (secondary N) is 2. The van der Waals surface area contributed by atoms with Gasteiger partial charge >= 0.3 is 6.09 Å². The molecule has 0 aromatic rings. The van der Waals surface area contributed by atoms with E-state index in [-0.39, 0.29) is 18.2 Å². The van der Waals surface area contributed by atoms with Gasteiger partial charge in [0.1, 0.15) is 11.3 Å². The Kier molecular flexibility index (Phi) is 9.39. The van der Waals surface area contributed by atoms with Crippen LogP contribution in [0.25, 0.3) is 0 Å². The Labute approximate surface area is 187 Å². The van der Waals surface area contributed by atoms with Crippen molar-refractivity contribution in [1.82, 2.24) is 15.5 Å². The second kappa shape index (κ2) is 11.3. The number of carbonyl (C=O) groups is 1. The van der Waals surface area contributed by atoms with Crippen LogP contribution < -0.4 is 10.6 Å². The molecule has 0 spiro atoms. The van der Waals surface area contributed by atoms with Gasteiger partial charge in [0.05, 0.1) is 25.4 Å². The van der Waals surface area contributed by atoms with Crippen molar-refractivity contribution in [2.75, 3.05) is 46.6 Å². The minimum Gasteiger partial charge on any atom is -0.444 e. The maximum Gasteiger partial charge on any atom is 0.412 e. The average molecular weight is 443 g/mol. The number of rotatable bonds is 8. The van der Waals surface area contributed by atoms with Crippen molar-refractivity contribution in [2.24, 2.45) is 10.9 Å². The summed E-state index contributed by atoms with van der Waals surface area (Å²) >= 11 is 0. The van der Waals surface area contributed by atoms with Crippen LogP contribution in [0.15, 0.2) is 4.99 Å². The van der Waals surface area contributed by atoms with Crippen LogP contribution in [0.4, 0.5) is 4.79 Å². The van der Waals surface area contributed by atoms with Crippen molar-refractivity contribution in [2.45, 2.75) is 77.9 Å². The zero-order valence-electron chi connectivity index (χ0n) is 20.3. The average Bonchev–Trinajstić information content (AvgIpc) is 3.24. The van der Waals surface area contributed by atoms with Crippen molar-refractivity contribution < 1.29 is 23.7 Å². The molecular formula is C22H42N4O5. The van der Waals surface area contributed by atoms with Crippen molar-refractivity contribution in [3.8, 4) is 0 Å². The fourth-order valence-corrected chi connectivity index (χ4v) is 3.89. The Morgan fingerprint density at radius 3 is 2.65 bits per heavy atom. The van der Waals surface area contributed by atoms with Gasteiger partial charge in [-0.2, -0.15) is 0 Å². The third-order valence-electron chi connectivity index (χ3n) is 5.36. The number of hydrogen-bond donors (Lipinski definition) is 2. The lowest BCUT2D eigenvalue weighted by Crippen LogP contribution is -2.54. The van der Waals surface area contributed by atoms with Crippen molar-refractivity contribution in [1.29, 1.82) is 0 Å². The Bertz CT molecular complexity index is 599. The topological polar surface area (TPSA) is 93.7 Å². The van der Waals surface area contributed by atoms with Crippen LogP contribution in [0.1, 0.15) is 54.4 Å². The van der Waals surface area contributed by atoms with E-state index >= 15 is 0 Å². The molecule has 1 amide bonds. The van der Waals surface area contributed by atoms with Crippen LogP contribution in [-0.4, -0.2) is 87.0 Å². The summed E-state index contributed by atoms with van der Waals surface area (Å²) in [6.45, 7) is 15.7. The molecule has 2 fully saturated rings. The first-order valence-corrected chi connectivity index (χ1v) is 11.3. The lowest BCUT2D eigenvalue weighted by Gasteiger charge is -2.35. The second-order valence-corrected chi connectivity index (χ2v) is 9.73. The molecule has 3 unspecified atom stereocenters. The molecule has 9 nitrogen and oxygen atoms in total. The Morgan fingerprint density at radius 2 is 2.03 bits per heavy atom. The zero-order chi connectivity index (χ0) is 23.1. The largest absolute Gasteiger partial charge is 0.444 e. The van der Waals surface area contributed by atoms with Gasteiger partial charge in [-0.15, -0.1) is 0 Å². The van der Waals surface area contributed by atoms with Crippen LogP contribution in [0.5, 0.6) is 0 Å². The smallest absolute Gasteiger partial charge is 0.412 e. The Hall–Kier alpha value is -1.58. The van der Waals surface area contributed by atoms with E-state index in [1.807, 2.05) is 41.5 Å². The summed E-state index contributed by atoms with van der Waals surface area (Å²) in [6.07, 6.45) is 1.46. The van der Waals surface area contributed by atoms with Gasteiger partial charge in [-0.3, -0.25) is 9.89 Å². The first kappa shape index (κ1) is 25.7. The van der Waals surface area contributed by atoms with Crippen LogP contribution in [-0.2, 0) is 18.9 Å². The zero-order valence-corrected chi connectivity index (χ0v) is 20.3. The van der Waals surface area contributed by atoms with E-state index in [0.717, 1.165) is 39.2 Å². The normalized spacial score (nSPS) is 26.2. The minimum absolute atomic E-state index is 0.138. The molecule has 31 heavy (non-hydrogen) atoms. The van der Waals surface area contributed by atoms with E-state index in [1.54, 1.807) is 11.9 Å². The number of carbonyl (C=O) groups excluding carboxylic acids is 1. The van der Waals surface area contributed by atoms with E-state index in [1.165, 1.54) is 0 Å². The predicted octanol–water partition coefficient (Wildman–Crippen LogP) is 2.36. The Morgan fingerprint density at radius 1 is 1.29 bits per heavy atom. The summed E-state index contributed by atoms with van der Waals surface area (Å²) in [5.74, 6) is 1.22. The fourth-order valence-electron chi connectivity index (χ4n) is 3.89. The highest BCUT2D eigenvalue weighted by atomic mass is 16.6. The van der Waals surface area contributed by atoms with Gasteiger partial charge in [-0.1, -0.05) is 0 Å². The summed E-state index contributed by atoms with van der Waals surface area (Å²) in [5.41, 5.74) is -1.31. The third kappa shape index (κ3) is 8.12. The van der Waals surface area contributed by atoms with Gasteiger partial charge in [0.25, 0.3) is 0 Å². The fraction of sp³-hybridized carbons (Fsp3) is 0.909. The molecule has 2 heterocycles. The number of guanidine groups is 1. The van der Waals surface area contributed by atoms with E-state index in [9.17, 15) is 4.79 Å². The SMILES string of the molecule is CN=C(NCCCOCC1CCOC1)NCC1C(C)OC(C)(C)N1C(=O)OC(C)(C)C. The second-order valence-electron chi connectivity index (χ2n) is 9.73. The molecule has 2 rings (SSSR count). The van der Waals surface area contributed by atoms with E-state index in [4.69, 9.17) is 18.9 Å². The van der Waals surface area contributed by atoms with Gasteiger partial charge in [0.15, 0.2) is 5.96 Å². The summed E-state index contributed by atoms with van der Waals surface area (Å²) < 4.78 is 22.8.